The van der Waals surface area contributed by atoms with Gasteiger partial charge in [0.1, 0.15) is 0 Å². The zero-order valence-corrected chi connectivity index (χ0v) is 4.89. The summed E-state index contributed by atoms with van der Waals surface area (Å²) in [5, 5.41) is 9.68. The van der Waals surface area contributed by atoms with E-state index in [-0.39, 0.29) is 0 Å². The fourth-order valence-electron chi connectivity index (χ4n) is 0.346. The van der Waals surface area contributed by atoms with E-state index in [1.807, 2.05) is 6.92 Å². The van der Waals surface area contributed by atoms with E-state index >= 15 is 0 Å². The summed E-state index contributed by atoms with van der Waals surface area (Å²) in [5.41, 5.74) is 0. The third-order valence-corrected chi connectivity index (χ3v) is 0.709. The molecule has 0 N–H and O–H groups in total. The van der Waals surface area contributed by atoms with Gasteiger partial charge in [-0.1, -0.05) is 19.4 Å². The molecule has 0 spiro atoms. The van der Waals surface area contributed by atoms with Crippen LogP contribution in [0.1, 0.15) is 19.8 Å². The molecule has 0 rings (SSSR count). The highest BCUT2D eigenvalue weighted by molar-refractivity contribution is 5.79. The summed E-state index contributed by atoms with van der Waals surface area (Å²) in [5.74, 6) is -1.11. The molecule has 45 valence electrons. The topological polar surface area (TPSA) is 37.0 Å². The highest BCUT2D eigenvalue weighted by atomic mass is 16.4. The Labute approximate surface area is 48.8 Å². The lowest BCUT2D eigenvalue weighted by molar-refractivity contribution is -0.137. The van der Waals surface area contributed by atoms with E-state index in [1.165, 1.54) is 0 Å². The zero-order valence-electron chi connectivity index (χ0n) is 4.89. The molecular weight excluding hydrogens is 104 g/mol. The molecule has 0 amide bonds. The van der Waals surface area contributed by atoms with Crippen LogP contribution in [0, 0.1) is 0 Å². The maximum Gasteiger partial charge on any atom is 0.378 e. The van der Waals surface area contributed by atoms with Gasteiger partial charge in [0.05, 0.1) is 0 Å². The second-order valence-corrected chi connectivity index (χ2v) is 1.51. The van der Waals surface area contributed by atoms with Gasteiger partial charge in [-0.3, -0.25) is 0 Å². The maximum absolute atomic E-state index is 9.68. The van der Waals surface area contributed by atoms with E-state index < -0.39 is 5.97 Å². The first-order valence-corrected chi connectivity index (χ1v) is 2.65. The molecule has 0 aromatic heterocycles. The standard InChI is InChI=1S/C6H9O2/c1-2-3-4-5-6(7)8/h4-5H,2-3H2,1H3/b5-4-. The van der Waals surface area contributed by atoms with Crippen LogP contribution >= 0.6 is 0 Å². The first-order valence-electron chi connectivity index (χ1n) is 2.65. The van der Waals surface area contributed by atoms with Crippen molar-refractivity contribution in [3.63, 3.8) is 0 Å². The third kappa shape index (κ3) is 5.21. The SMILES string of the molecule is CCC/C=C\C([O])=O. The second kappa shape index (κ2) is 4.37. The molecule has 0 aliphatic heterocycles. The van der Waals surface area contributed by atoms with Crippen LogP contribution in [-0.2, 0) is 9.90 Å². The van der Waals surface area contributed by atoms with E-state index in [2.05, 4.69) is 0 Å². The van der Waals surface area contributed by atoms with Gasteiger partial charge in [-0.25, -0.2) is 9.90 Å². The molecule has 0 fully saturated rings. The predicted molar refractivity (Wildman–Crippen MR) is 29.7 cm³/mol. The maximum atomic E-state index is 9.68. The molecule has 0 aromatic carbocycles. The number of rotatable bonds is 3. The summed E-state index contributed by atoms with van der Waals surface area (Å²) >= 11 is 0. The number of hydrogen-bond donors (Lipinski definition) is 0. The average Bonchev–Trinajstić information content (AvgIpc) is 1.66. The van der Waals surface area contributed by atoms with Crippen molar-refractivity contribution in [2.45, 2.75) is 19.8 Å². The molecule has 0 atom stereocenters. The van der Waals surface area contributed by atoms with E-state index in [1.54, 1.807) is 6.08 Å². The summed E-state index contributed by atoms with van der Waals surface area (Å²) in [6.07, 6.45) is 4.44. The molecule has 2 nitrogen and oxygen atoms in total. The largest absolute Gasteiger partial charge is 0.378 e. The van der Waals surface area contributed by atoms with Crippen LogP contribution in [0.4, 0.5) is 0 Å². The van der Waals surface area contributed by atoms with Crippen molar-refractivity contribution in [2.75, 3.05) is 0 Å². The minimum absolute atomic E-state index is 0.813. The van der Waals surface area contributed by atoms with Gasteiger partial charge < -0.3 is 0 Å². The Balaban J connectivity index is 3.20. The van der Waals surface area contributed by atoms with Crippen molar-refractivity contribution in [2.24, 2.45) is 0 Å². The lowest BCUT2D eigenvalue weighted by Gasteiger charge is -1.77. The molecule has 0 unspecified atom stereocenters. The van der Waals surface area contributed by atoms with Crippen molar-refractivity contribution in [3.05, 3.63) is 12.2 Å². The van der Waals surface area contributed by atoms with Gasteiger partial charge in [-0.2, -0.15) is 0 Å². The van der Waals surface area contributed by atoms with Crippen molar-refractivity contribution in [3.8, 4) is 0 Å². The van der Waals surface area contributed by atoms with E-state index in [4.69, 9.17) is 0 Å². The number of unbranched alkanes of at least 4 members (excludes halogenated alkanes) is 1. The Morgan fingerprint density at radius 3 is 2.62 bits per heavy atom. The van der Waals surface area contributed by atoms with Crippen LogP contribution in [0.2, 0.25) is 0 Å². The minimum atomic E-state index is -1.11. The molecule has 0 bridgehead atoms. The highest BCUT2D eigenvalue weighted by Crippen LogP contribution is 1.86. The van der Waals surface area contributed by atoms with E-state index in [9.17, 15) is 9.90 Å². The minimum Gasteiger partial charge on any atom is -0.242 e. The Morgan fingerprint density at radius 2 is 2.25 bits per heavy atom. The van der Waals surface area contributed by atoms with Crippen LogP contribution in [0.3, 0.4) is 0 Å². The van der Waals surface area contributed by atoms with Crippen LogP contribution in [0.15, 0.2) is 12.2 Å². The molecule has 2 heteroatoms. The summed E-state index contributed by atoms with van der Waals surface area (Å²) < 4.78 is 0. The molecule has 0 saturated carbocycles. The molecule has 0 saturated heterocycles. The smallest absolute Gasteiger partial charge is 0.242 e. The number of carbonyl (C=O) groups excluding carboxylic acids is 1. The summed E-state index contributed by atoms with van der Waals surface area (Å²) in [4.78, 5) is 9.68. The Morgan fingerprint density at radius 1 is 1.62 bits per heavy atom. The van der Waals surface area contributed by atoms with E-state index in [0.29, 0.717) is 0 Å². The quantitative estimate of drug-likeness (QED) is 0.508. The summed E-state index contributed by atoms with van der Waals surface area (Å²) in [6.45, 7) is 1.99. The predicted octanol–water partition coefficient (Wildman–Crippen LogP) is 1.30. The van der Waals surface area contributed by atoms with E-state index in [0.717, 1.165) is 18.9 Å². The van der Waals surface area contributed by atoms with Crippen molar-refractivity contribution in [1.29, 1.82) is 0 Å². The molecular formula is C6H9O2. The molecule has 8 heavy (non-hydrogen) atoms. The van der Waals surface area contributed by atoms with Gasteiger partial charge in [0.25, 0.3) is 0 Å². The van der Waals surface area contributed by atoms with Crippen LogP contribution in [-0.4, -0.2) is 5.97 Å². The lowest BCUT2D eigenvalue weighted by atomic mass is 10.3. The summed E-state index contributed by atoms with van der Waals surface area (Å²) in [6, 6.07) is 0. The first-order chi connectivity index (χ1) is 3.77. The zero-order chi connectivity index (χ0) is 6.41. The van der Waals surface area contributed by atoms with Gasteiger partial charge in [-0.05, 0) is 6.42 Å². The fourth-order valence-corrected chi connectivity index (χ4v) is 0.346. The molecule has 0 aliphatic rings. The Hall–Kier alpha value is -0.790. The molecule has 0 aliphatic carbocycles. The number of allylic oxidation sites excluding steroid dienone is 1. The highest BCUT2D eigenvalue weighted by Gasteiger charge is 1.85. The molecule has 1 radical (unpaired) electrons. The second-order valence-electron chi connectivity index (χ2n) is 1.51. The summed E-state index contributed by atoms with van der Waals surface area (Å²) in [7, 11) is 0. The molecule has 0 aromatic rings. The third-order valence-electron chi connectivity index (χ3n) is 0.709. The fraction of sp³-hybridized carbons (Fsp3) is 0.500. The van der Waals surface area contributed by atoms with Gasteiger partial charge in [0.15, 0.2) is 0 Å². The Bertz CT molecular complexity index is 94.7. The Kier molecular flexibility index (Phi) is 3.94. The van der Waals surface area contributed by atoms with Crippen LogP contribution in [0.25, 0.3) is 0 Å². The monoisotopic (exact) mass is 113 g/mol. The lowest BCUT2D eigenvalue weighted by Crippen LogP contribution is -1.81. The van der Waals surface area contributed by atoms with Crippen LogP contribution < -0.4 is 0 Å². The van der Waals surface area contributed by atoms with Gasteiger partial charge in [0, 0.05) is 6.08 Å². The van der Waals surface area contributed by atoms with Crippen LogP contribution in [0.5, 0.6) is 0 Å². The number of hydrogen-bond acceptors (Lipinski definition) is 1. The number of carbonyl (C=O) groups is 1. The normalized spacial score (nSPS) is 10.1. The van der Waals surface area contributed by atoms with Crippen molar-refractivity contribution in [1.82, 2.24) is 0 Å². The average molecular weight is 113 g/mol. The molecule has 0 heterocycles. The van der Waals surface area contributed by atoms with Gasteiger partial charge in [-0.15, -0.1) is 0 Å². The first kappa shape index (κ1) is 7.21. The van der Waals surface area contributed by atoms with Gasteiger partial charge in [0.2, 0.25) is 0 Å². The van der Waals surface area contributed by atoms with Gasteiger partial charge >= 0.3 is 5.97 Å². The van der Waals surface area contributed by atoms with Crippen molar-refractivity contribution < 1.29 is 9.90 Å². The van der Waals surface area contributed by atoms with Crippen molar-refractivity contribution >= 4 is 5.97 Å².